The largest absolute Gasteiger partial charge is 0.313 e. The molecule has 3 heteroatoms. The van der Waals surface area contributed by atoms with Gasteiger partial charge in [-0.05, 0) is 83.9 Å². The van der Waals surface area contributed by atoms with Gasteiger partial charge in [-0.1, -0.05) is 137 Å². The van der Waals surface area contributed by atoms with E-state index in [4.69, 9.17) is 0 Å². The second-order valence-electron chi connectivity index (χ2n) is 12.5. The van der Waals surface area contributed by atoms with Crippen molar-refractivity contribution in [1.82, 2.24) is 0 Å². The molecule has 8 rings (SSSR count). The molecule has 0 saturated heterocycles. The number of anilines is 3. The lowest BCUT2D eigenvalue weighted by Gasteiger charge is -2.44. The van der Waals surface area contributed by atoms with E-state index in [0.29, 0.717) is 0 Å². The van der Waals surface area contributed by atoms with Gasteiger partial charge in [-0.3, -0.25) is 0 Å². The van der Waals surface area contributed by atoms with Crippen LogP contribution < -0.4 is 37.7 Å². The summed E-state index contributed by atoms with van der Waals surface area (Å²) in [6.45, 7) is 9.11. The van der Waals surface area contributed by atoms with E-state index < -0.39 is 0 Å². The second-order valence-corrected chi connectivity index (χ2v) is 12.5. The van der Waals surface area contributed by atoms with Crippen LogP contribution in [-0.2, 0) is 0 Å². The Morgan fingerprint density at radius 1 is 0.395 bits per heavy atom. The normalized spacial score (nSPS) is 13.0. The molecule has 0 spiro atoms. The monoisotopic (exact) mass is 549 g/mol. The van der Waals surface area contributed by atoms with Crippen LogP contribution in [0.5, 0.6) is 0 Å². The quantitative estimate of drug-likeness (QED) is 0.255. The Kier molecular flexibility index (Phi) is 5.98. The van der Waals surface area contributed by atoms with E-state index in [-0.39, 0.29) is 13.4 Å². The van der Waals surface area contributed by atoms with E-state index in [0.717, 1.165) is 0 Å². The molecule has 0 N–H and O–H groups in total. The standard InChI is InChI=1S/C40H33B2N/c1-26-15-17-34-38(22-26)43-39-23-27(2)16-18-35(39)42(33-13-9-6-10-14-33)37-25-31(30-20-28(3)19-29(4)21-30)24-36(40(37)43)41(34)32-11-7-5-8-12-32/h5-25H,1-4H3. The topological polar surface area (TPSA) is 3.24 Å². The molecule has 0 unspecified atom stereocenters. The van der Waals surface area contributed by atoms with Gasteiger partial charge in [-0.15, -0.1) is 0 Å². The van der Waals surface area contributed by atoms with Crippen molar-refractivity contribution in [2.75, 3.05) is 4.90 Å². The predicted octanol–water partition coefficient (Wildman–Crippen LogP) is 5.72. The van der Waals surface area contributed by atoms with E-state index in [1.807, 2.05) is 0 Å². The van der Waals surface area contributed by atoms with Crippen LogP contribution >= 0.6 is 0 Å². The number of rotatable bonds is 3. The Morgan fingerprint density at radius 2 is 0.837 bits per heavy atom. The molecule has 2 heterocycles. The minimum atomic E-state index is 0.135. The van der Waals surface area contributed by atoms with Crippen LogP contribution in [0, 0.1) is 27.7 Å². The first-order chi connectivity index (χ1) is 21.0. The van der Waals surface area contributed by atoms with Crippen molar-refractivity contribution >= 4 is 63.3 Å². The molecular weight excluding hydrogens is 516 g/mol. The Hall–Kier alpha value is -4.75. The Bertz CT molecular complexity index is 1890. The maximum Gasteiger partial charge on any atom is 0.246 e. The predicted molar refractivity (Wildman–Crippen MR) is 188 cm³/mol. The maximum absolute atomic E-state index is 2.58. The molecule has 0 saturated carbocycles. The van der Waals surface area contributed by atoms with Crippen LogP contribution in [0.2, 0.25) is 0 Å². The summed E-state index contributed by atoms with van der Waals surface area (Å²) in [6, 6.07) is 48.2. The smallest absolute Gasteiger partial charge is 0.246 e. The van der Waals surface area contributed by atoms with Crippen molar-refractivity contribution in [3.05, 3.63) is 150 Å². The molecule has 0 radical (unpaired) electrons. The fourth-order valence-corrected chi connectivity index (χ4v) is 7.58. The molecule has 6 aromatic carbocycles. The molecule has 0 bridgehead atoms. The average Bonchev–Trinajstić information content (AvgIpc) is 3.01. The number of aryl methyl sites for hydroxylation is 4. The molecule has 0 fully saturated rings. The van der Waals surface area contributed by atoms with E-state index in [1.54, 1.807) is 0 Å². The third-order valence-corrected chi connectivity index (χ3v) is 9.31. The number of benzene rings is 6. The van der Waals surface area contributed by atoms with E-state index in [2.05, 4.69) is 160 Å². The van der Waals surface area contributed by atoms with Crippen LogP contribution in [0.15, 0.2) is 127 Å². The summed E-state index contributed by atoms with van der Waals surface area (Å²) in [5, 5.41) is 0. The zero-order valence-corrected chi connectivity index (χ0v) is 25.2. The highest BCUT2D eigenvalue weighted by atomic mass is 15.2. The minimum absolute atomic E-state index is 0.135. The van der Waals surface area contributed by atoms with Gasteiger partial charge in [0.25, 0.3) is 0 Å². The summed E-state index contributed by atoms with van der Waals surface area (Å²) in [4.78, 5) is 2.58. The summed E-state index contributed by atoms with van der Waals surface area (Å²) in [7, 11) is 0. The molecule has 204 valence electrons. The van der Waals surface area contributed by atoms with Crippen LogP contribution in [0.3, 0.4) is 0 Å². The SMILES string of the molecule is Cc1cc(C)cc(-c2cc3c4c(c2)B(c2ccccc2)c2ccc(C)cc2N4c2cc(C)ccc2B3c2ccccc2)c1. The van der Waals surface area contributed by atoms with E-state index >= 15 is 0 Å². The van der Waals surface area contributed by atoms with Gasteiger partial charge in [0.2, 0.25) is 13.4 Å². The maximum atomic E-state index is 2.58. The molecule has 2 aliphatic rings. The average molecular weight is 549 g/mol. The van der Waals surface area contributed by atoms with Gasteiger partial charge in [0.15, 0.2) is 0 Å². The number of hydrogen-bond acceptors (Lipinski definition) is 1. The van der Waals surface area contributed by atoms with E-state index in [1.165, 1.54) is 83.2 Å². The van der Waals surface area contributed by atoms with Crippen molar-refractivity contribution in [1.29, 1.82) is 0 Å². The first-order valence-corrected chi connectivity index (χ1v) is 15.3. The van der Waals surface area contributed by atoms with Gasteiger partial charge < -0.3 is 4.90 Å². The highest BCUT2D eigenvalue weighted by Crippen LogP contribution is 2.39. The molecule has 43 heavy (non-hydrogen) atoms. The zero-order chi connectivity index (χ0) is 29.2. The Balaban J connectivity index is 1.53. The number of hydrogen-bond donors (Lipinski definition) is 0. The Labute approximate surface area is 256 Å². The number of fused-ring (bicyclic) bond motifs is 4. The third kappa shape index (κ3) is 4.18. The van der Waals surface area contributed by atoms with Crippen molar-refractivity contribution in [3.8, 4) is 11.1 Å². The fourth-order valence-electron chi connectivity index (χ4n) is 7.58. The highest BCUT2D eigenvalue weighted by Gasteiger charge is 2.43. The summed E-state index contributed by atoms with van der Waals surface area (Å²) in [6.07, 6.45) is 0. The van der Waals surface area contributed by atoms with E-state index in [9.17, 15) is 0 Å². The summed E-state index contributed by atoms with van der Waals surface area (Å²) >= 11 is 0. The highest BCUT2D eigenvalue weighted by molar-refractivity contribution is 7.02. The van der Waals surface area contributed by atoms with Gasteiger partial charge in [0, 0.05) is 17.1 Å². The first kappa shape index (κ1) is 25.9. The fraction of sp³-hybridized carbons (Fsp3) is 0.100. The lowest BCUT2D eigenvalue weighted by Crippen LogP contribution is -2.65. The molecule has 0 amide bonds. The van der Waals surface area contributed by atoms with Crippen LogP contribution in [0.25, 0.3) is 11.1 Å². The van der Waals surface area contributed by atoms with Gasteiger partial charge in [0.05, 0.1) is 0 Å². The van der Waals surface area contributed by atoms with Crippen LogP contribution in [0.4, 0.5) is 17.1 Å². The molecule has 2 aliphatic heterocycles. The van der Waals surface area contributed by atoms with Gasteiger partial charge >= 0.3 is 0 Å². The molecule has 0 aromatic heterocycles. The first-order valence-electron chi connectivity index (χ1n) is 15.3. The van der Waals surface area contributed by atoms with Crippen LogP contribution in [0.1, 0.15) is 22.3 Å². The van der Waals surface area contributed by atoms with Crippen molar-refractivity contribution in [3.63, 3.8) is 0 Å². The van der Waals surface area contributed by atoms with Gasteiger partial charge in [-0.25, -0.2) is 0 Å². The molecule has 1 nitrogen and oxygen atoms in total. The summed E-state index contributed by atoms with van der Waals surface area (Å²) in [5.74, 6) is 0. The molecule has 0 atom stereocenters. The lowest BCUT2D eigenvalue weighted by atomic mass is 9.30. The second kappa shape index (κ2) is 9.92. The van der Waals surface area contributed by atoms with Crippen LogP contribution in [-0.4, -0.2) is 13.4 Å². The lowest BCUT2D eigenvalue weighted by molar-refractivity contribution is 1.28. The minimum Gasteiger partial charge on any atom is -0.313 e. The molecule has 0 aliphatic carbocycles. The van der Waals surface area contributed by atoms with Gasteiger partial charge in [-0.2, -0.15) is 0 Å². The van der Waals surface area contributed by atoms with Crippen molar-refractivity contribution in [2.24, 2.45) is 0 Å². The zero-order valence-electron chi connectivity index (χ0n) is 25.2. The molecule has 6 aromatic rings. The van der Waals surface area contributed by atoms with Crippen molar-refractivity contribution in [2.45, 2.75) is 27.7 Å². The summed E-state index contributed by atoms with van der Waals surface area (Å²) < 4.78 is 0. The molecular formula is C40H33B2N. The van der Waals surface area contributed by atoms with Gasteiger partial charge in [0.1, 0.15) is 0 Å². The van der Waals surface area contributed by atoms with Crippen molar-refractivity contribution < 1.29 is 0 Å². The summed E-state index contributed by atoms with van der Waals surface area (Å²) in [5.41, 5.74) is 19.8. The Morgan fingerprint density at radius 3 is 1.30 bits per heavy atom. The number of nitrogens with zero attached hydrogens (tertiary/aromatic N) is 1. The third-order valence-electron chi connectivity index (χ3n) is 9.31.